The monoisotopic (exact) mass is 194 g/mol. The van der Waals surface area contributed by atoms with Gasteiger partial charge in [0.1, 0.15) is 0 Å². The van der Waals surface area contributed by atoms with Crippen molar-refractivity contribution in [3.05, 3.63) is 23.8 Å². The number of benzene rings is 1. The van der Waals surface area contributed by atoms with Gasteiger partial charge in [-0.1, -0.05) is 12.1 Å². The van der Waals surface area contributed by atoms with Gasteiger partial charge in [-0.15, -0.1) is 0 Å². The number of ether oxygens (including phenoxy) is 2. The van der Waals surface area contributed by atoms with E-state index in [0.29, 0.717) is 17.9 Å². The molecule has 14 heavy (non-hydrogen) atoms. The lowest BCUT2D eigenvalue weighted by Gasteiger charge is -2.11. The SMILES string of the molecule is COc1cccc(CC(=N)N)c1OC. The average Bonchev–Trinajstić information content (AvgIpc) is 2.16. The third-order valence-corrected chi connectivity index (χ3v) is 1.87. The molecular weight excluding hydrogens is 180 g/mol. The molecule has 0 atom stereocenters. The van der Waals surface area contributed by atoms with Crippen molar-refractivity contribution in [1.29, 1.82) is 5.41 Å². The summed E-state index contributed by atoms with van der Waals surface area (Å²) in [6.45, 7) is 0. The molecule has 0 aliphatic rings. The molecule has 0 amide bonds. The maximum absolute atomic E-state index is 7.21. The van der Waals surface area contributed by atoms with Crippen molar-refractivity contribution < 1.29 is 9.47 Å². The van der Waals surface area contributed by atoms with Gasteiger partial charge in [0.15, 0.2) is 11.5 Å². The molecule has 0 aromatic heterocycles. The molecule has 3 N–H and O–H groups in total. The van der Waals surface area contributed by atoms with E-state index >= 15 is 0 Å². The molecule has 0 saturated carbocycles. The molecule has 0 heterocycles. The Bertz CT molecular complexity index is 337. The average molecular weight is 194 g/mol. The first-order chi connectivity index (χ1) is 6.69. The Morgan fingerprint density at radius 1 is 1.36 bits per heavy atom. The van der Waals surface area contributed by atoms with Crippen LogP contribution in [0.25, 0.3) is 0 Å². The fraction of sp³-hybridized carbons (Fsp3) is 0.300. The summed E-state index contributed by atoms with van der Waals surface area (Å²) >= 11 is 0. The van der Waals surface area contributed by atoms with E-state index in [9.17, 15) is 0 Å². The highest BCUT2D eigenvalue weighted by Gasteiger charge is 2.09. The van der Waals surface area contributed by atoms with Crippen molar-refractivity contribution in [2.24, 2.45) is 5.73 Å². The van der Waals surface area contributed by atoms with Crippen molar-refractivity contribution in [3.63, 3.8) is 0 Å². The zero-order chi connectivity index (χ0) is 10.6. The zero-order valence-electron chi connectivity index (χ0n) is 8.33. The highest BCUT2D eigenvalue weighted by molar-refractivity contribution is 5.80. The van der Waals surface area contributed by atoms with Crippen molar-refractivity contribution in [2.45, 2.75) is 6.42 Å². The van der Waals surface area contributed by atoms with Gasteiger partial charge < -0.3 is 15.2 Å². The molecule has 0 unspecified atom stereocenters. The first-order valence-corrected chi connectivity index (χ1v) is 4.21. The number of para-hydroxylation sites is 1. The number of hydrogen-bond acceptors (Lipinski definition) is 3. The zero-order valence-corrected chi connectivity index (χ0v) is 8.33. The van der Waals surface area contributed by atoms with Gasteiger partial charge in [0, 0.05) is 12.0 Å². The molecule has 1 aromatic carbocycles. The Morgan fingerprint density at radius 3 is 2.57 bits per heavy atom. The van der Waals surface area contributed by atoms with Gasteiger partial charge >= 0.3 is 0 Å². The number of nitrogens with two attached hydrogens (primary N) is 1. The van der Waals surface area contributed by atoms with Crippen LogP contribution in [-0.4, -0.2) is 20.1 Å². The number of methoxy groups -OCH3 is 2. The summed E-state index contributed by atoms with van der Waals surface area (Å²) in [7, 11) is 3.15. The van der Waals surface area contributed by atoms with Crippen LogP contribution in [0, 0.1) is 5.41 Å². The molecule has 0 fully saturated rings. The first-order valence-electron chi connectivity index (χ1n) is 4.21. The standard InChI is InChI=1S/C10H14N2O2/c1-13-8-5-3-4-7(6-9(11)12)10(8)14-2/h3-5H,6H2,1-2H3,(H3,11,12). The number of hydrogen-bond donors (Lipinski definition) is 2. The van der Waals surface area contributed by atoms with Crippen LogP contribution < -0.4 is 15.2 Å². The Kier molecular flexibility index (Phi) is 3.34. The Hall–Kier alpha value is -1.71. The second-order valence-electron chi connectivity index (χ2n) is 2.85. The van der Waals surface area contributed by atoms with Gasteiger partial charge in [0.2, 0.25) is 0 Å². The van der Waals surface area contributed by atoms with Crippen molar-refractivity contribution in [2.75, 3.05) is 14.2 Å². The smallest absolute Gasteiger partial charge is 0.164 e. The fourth-order valence-corrected chi connectivity index (χ4v) is 1.30. The van der Waals surface area contributed by atoms with Gasteiger partial charge in [-0.3, -0.25) is 5.41 Å². The van der Waals surface area contributed by atoms with E-state index in [2.05, 4.69) is 0 Å². The highest BCUT2D eigenvalue weighted by Crippen LogP contribution is 2.30. The molecule has 1 rings (SSSR count). The number of amidine groups is 1. The summed E-state index contributed by atoms with van der Waals surface area (Å²) in [4.78, 5) is 0. The summed E-state index contributed by atoms with van der Waals surface area (Å²) in [5, 5.41) is 7.21. The van der Waals surface area contributed by atoms with Crippen LogP contribution in [0.1, 0.15) is 5.56 Å². The molecule has 4 heteroatoms. The summed E-state index contributed by atoms with van der Waals surface area (Å²) in [5.41, 5.74) is 6.19. The van der Waals surface area contributed by atoms with E-state index in [1.165, 1.54) is 0 Å². The lowest BCUT2D eigenvalue weighted by Crippen LogP contribution is -2.13. The molecule has 0 aliphatic heterocycles. The molecule has 0 saturated heterocycles. The highest BCUT2D eigenvalue weighted by atomic mass is 16.5. The summed E-state index contributed by atoms with van der Waals surface area (Å²) in [5.74, 6) is 1.41. The molecule has 0 radical (unpaired) electrons. The quantitative estimate of drug-likeness (QED) is 0.558. The summed E-state index contributed by atoms with van der Waals surface area (Å²) < 4.78 is 10.3. The van der Waals surface area contributed by atoms with Gasteiger partial charge in [-0.25, -0.2) is 0 Å². The molecule has 0 bridgehead atoms. The summed E-state index contributed by atoms with van der Waals surface area (Å²) in [6.07, 6.45) is 0.375. The second-order valence-corrected chi connectivity index (χ2v) is 2.85. The third kappa shape index (κ3) is 2.16. The molecular formula is C10H14N2O2. The van der Waals surface area contributed by atoms with E-state index in [0.717, 1.165) is 5.56 Å². The van der Waals surface area contributed by atoms with Crippen LogP contribution in [0.4, 0.5) is 0 Å². The van der Waals surface area contributed by atoms with Crippen molar-refractivity contribution in [3.8, 4) is 11.5 Å². The van der Waals surface area contributed by atoms with Crippen LogP contribution in [-0.2, 0) is 6.42 Å². The molecule has 0 aliphatic carbocycles. The van der Waals surface area contributed by atoms with E-state index in [1.807, 2.05) is 18.2 Å². The third-order valence-electron chi connectivity index (χ3n) is 1.87. The number of nitrogens with one attached hydrogen (secondary N) is 1. The minimum absolute atomic E-state index is 0.108. The maximum atomic E-state index is 7.21. The molecule has 4 nitrogen and oxygen atoms in total. The maximum Gasteiger partial charge on any atom is 0.164 e. The number of rotatable bonds is 4. The lowest BCUT2D eigenvalue weighted by atomic mass is 10.1. The first kappa shape index (κ1) is 10.4. The van der Waals surface area contributed by atoms with Crippen LogP contribution in [0.5, 0.6) is 11.5 Å². The predicted molar refractivity (Wildman–Crippen MR) is 55.2 cm³/mol. The van der Waals surface area contributed by atoms with Gasteiger partial charge in [-0.2, -0.15) is 0 Å². The van der Waals surface area contributed by atoms with Crippen molar-refractivity contribution in [1.82, 2.24) is 0 Å². The van der Waals surface area contributed by atoms with Crippen LogP contribution in [0.3, 0.4) is 0 Å². The van der Waals surface area contributed by atoms with Crippen molar-refractivity contribution >= 4 is 5.84 Å². The summed E-state index contributed by atoms with van der Waals surface area (Å²) in [6, 6.07) is 5.52. The Labute approximate surface area is 83.1 Å². The Morgan fingerprint density at radius 2 is 2.07 bits per heavy atom. The van der Waals surface area contributed by atoms with Gasteiger partial charge in [0.25, 0.3) is 0 Å². The lowest BCUT2D eigenvalue weighted by molar-refractivity contribution is 0.352. The molecule has 0 spiro atoms. The van der Waals surface area contributed by atoms with E-state index in [4.69, 9.17) is 20.6 Å². The molecule has 76 valence electrons. The largest absolute Gasteiger partial charge is 0.493 e. The minimum Gasteiger partial charge on any atom is -0.493 e. The predicted octanol–water partition coefficient (Wildman–Crippen LogP) is 1.18. The topological polar surface area (TPSA) is 68.3 Å². The minimum atomic E-state index is 0.108. The normalized spacial score (nSPS) is 9.57. The van der Waals surface area contributed by atoms with E-state index in [1.54, 1.807) is 14.2 Å². The van der Waals surface area contributed by atoms with E-state index < -0.39 is 0 Å². The van der Waals surface area contributed by atoms with Crippen LogP contribution >= 0.6 is 0 Å². The Balaban J connectivity index is 3.08. The van der Waals surface area contributed by atoms with Gasteiger partial charge in [0.05, 0.1) is 20.1 Å². The van der Waals surface area contributed by atoms with Crippen LogP contribution in [0.2, 0.25) is 0 Å². The second kappa shape index (κ2) is 4.50. The van der Waals surface area contributed by atoms with Gasteiger partial charge in [-0.05, 0) is 6.07 Å². The van der Waals surface area contributed by atoms with Crippen LogP contribution in [0.15, 0.2) is 18.2 Å². The molecule has 1 aromatic rings. The fourth-order valence-electron chi connectivity index (χ4n) is 1.30. The van der Waals surface area contributed by atoms with E-state index in [-0.39, 0.29) is 5.84 Å².